The molecule has 2 aromatic carbocycles. The minimum absolute atomic E-state index is 0.643. The van der Waals surface area contributed by atoms with Crippen LogP contribution in [0.25, 0.3) is 28.2 Å². The molecule has 30 heavy (non-hydrogen) atoms. The van der Waals surface area contributed by atoms with Gasteiger partial charge in [0.1, 0.15) is 0 Å². The molecule has 1 aliphatic heterocycles. The van der Waals surface area contributed by atoms with Crippen LogP contribution in [0.4, 0.5) is 5.69 Å². The Hall–Kier alpha value is -3.56. The number of hydrogen-bond acceptors (Lipinski definition) is 4. The lowest BCUT2D eigenvalue weighted by Gasteiger charge is -2.34. The number of hydrogen-bond donors (Lipinski definition) is 1. The number of anilines is 1. The lowest BCUT2D eigenvalue weighted by atomic mass is 10.1. The van der Waals surface area contributed by atoms with Gasteiger partial charge in [0, 0.05) is 43.8 Å². The predicted octanol–water partition coefficient (Wildman–Crippen LogP) is 3.95. The van der Waals surface area contributed by atoms with E-state index in [2.05, 4.69) is 51.5 Å². The summed E-state index contributed by atoms with van der Waals surface area (Å²) >= 11 is 0. The molecule has 0 saturated carbocycles. The van der Waals surface area contributed by atoms with Crippen molar-refractivity contribution in [2.45, 2.75) is 6.92 Å². The minimum atomic E-state index is 0.643. The van der Waals surface area contributed by atoms with Crippen LogP contribution in [0.1, 0.15) is 11.1 Å². The van der Waals surface area contributed by atoms with Crippen molar-refractivity contribution in [1.82, 2.24) is 19.4 Å². The molecule has 3 heterocycles. The Morgan fingerprint density at radius 3 is 2.63 bits per heavy atom. The number of benzene rings is 2. The van der Waals surface area contributed by atoms with Crippen molar-refractivity contribution in [2.75, 3.05) is 38.1 Å². The normalized spacial score (nSPS) is 14.9. The largest absolute Gasteiger partial charge is 0.369 e. The lowest BCUT2D eigenvalue weighted by Crippen LogP contribution is -2.44. The number of aromatic nitrogens is 3. The molecule has 0 aliphatic carbocycles. The molecule has 0 bridgehead atoms. The second-order valence-corrected chi connectivity index (χ2v) is 7.96. The van der Waals surface area contributed by atoms with Crippen molar-refractivity contribution < 1.29 is 0 Å². The predicted molar refractivity (Wildman–Crippen MR) is 120 cm³/mol. The molecular formula is C24H24N6. The third-order valence-corrected chi connectivity index (χ3v) is 5.88. The van der Waals surface area contributed by atoms with E-state index in [0.29, 0.717) is 5.56 Å². The molecule has 5 rings (SSSR count). The molecule has 6 nitrogen and oxygen atoms in total. The molecule has 2 aromatic heterocycles. The van der Waals surface area contributed by atoms with Gasteiger partial charge in [-0.1, -0.05) is 6.07 Å². The number of imidazole rings is 1. The molecular weight excluding hydrogens is 372 g/mol. The maximum atomic E-state index is 9.24. The molecule has 1 fully saturated rings. The van der Waals surface area contributed by atoms with E-state index in [4.69, 9.17) is 4.98 Å². The second kappa shape index (κ2) is 7.36. The van der Waals surface area contributed by atoms with Gasteiger partial charge in [0.15, 0.2) is 5.82 Å². The molecule has 1 N–H and O–H groups in total. The zero-order chi connectivity index (χ0) is 20.7. The van der Waals surface area contributed by atoms with E-state index in [-0.39, 0.29) is 0 Å². The van der Waals surface area contributed by atoms with Crippen LogP contribution in [0.3, 0.4) is 0 Å². The van der Waals surface area contributed by atoms with Crippen molar-refractivity contribution in [3.8, 4) is 23.3 Å². The van der Waals surface area contributed by atoms with Gasteiger partial charge in [-0.3, -0.25) is 0 Å². The number of rotatable bonds is 3. The van der Waals surface area contributed by atoms with Crippen LogP contribution in [0.5, 0.6) is 0 Å². The summed E-state index contributed by atoms with van der Waals surface area (Å²) in [7, 11) is 2.17. The van der Waals surface area contributed by atoms with Crippen LogP contribution >= 0.6 is 0 Å². The molecule has 0 unspecified atom stereocenters. The van der Waals surface area contributed by atoms with E-state index in [1.807, 2.05) is 42.6 Å². The quantitative estimate of drug-likeness (QED) is 0.569. The summed E-state index contributed by atoms with van der Waals surface area (Å²) in [6.45, 7) is 6.38. The van der Waals surface area contributed by atoms with E-state index < -0.39 is 0 Å². The Bertz CT molecular complexity index is 1250. The highest BCUT2D eigenvalue weighted by molar-refractivity contribution is 5.85. The number of nitriles is 1. The van der Waals surface area contributed by atoms with E-state index >= 15 is 0 Å². The second-order valence-electron chi connectivity index (χ2n) is 7.96. The van der Waals surface area contributed by atoms with Gasteiger partial charge < -0.3 is 19.4 Å². The van der Waals surface area contributed by atoms with Crippen LogP contribution in [0.2, 0.25) is 0 Å². The van der Waals surface area contributed by atoms with E-state index in [9.17, 15) is 5.26 Å². The average molecular weight is 396 g/mol. The van der Waals surface area contributed by atoms with Crippen LogP contribution in [-0.2, 0) is 0 Å². The fraction of sp³-hybridized carbons (Fsp3) is 0.250. The van der Waals surface area contributed by atoms with Gasteiger partial charge in [0.2, 0.25) is 0 Å². The lowest BCUT2D eigenvalue weighted by molar-refractivity contribution is 0.313. The Kier molecular flexibility index (Phi) is 4.53. The third-order valence-electron chi connectivity index (χ3n) is 5.88. The van der Waals surface area contributed by atoms with Gasteiger partial charge in [-0.25, -0.2) is 4.98 Å². The van der Waals surface area contributed by atoms with Gasteiger partial charge in [0.25, 0.3) is 0 Å². The van der Waals surface area contributed by atoms with Crippen molar-refractivity contribution in [3.05, 3.63) is 65.9 Å². The number of H-pyrrole nitrogens is 1. The first-order chi connectivity index (χ1) is 14.6. The molecule has 4 aromatic rings. The minimum Gasteiger partial charge on any atom is -0.369 e. The average Bonchev–Trinajstić information content (AvgIpc) is 3.41. The molecule has 1 aliphatic rings. The Labute approximate surface area is 176 Å². The Morgan fingerprint density at radius 2 is 1.83 bits per heavy atom. The summed E-state index contributed by atoms with van der Waals surface area (Å²) in [5, 5.41) is 9.24. The van der Waals surface area contributed by atoms with Gasteiger partial charge in [-0.05, 0) is 62.0 Å². The van der Waals surface area contributed by atoms with Gasteiger partial charge in [0.05, 0.1) is 28.4 Å². The maximum Gasteiger partial charge on any atom is 0.155 e. The number of nitrogens with one attached hydrogen (secondary N) is 1. The zero-order valence-corrected chi connectivity index (χ0v) is 17.3. The monoisotopic (exact) mass is 396 g/mol. The van der Waals surface area contributed by atoms with E-state index in [1.165, 1.54) is 11.3 Å². The zero-order valence-electron chi connectivity index (χ0n) is 17.3. The third kappa shape index (κ3) is 3.23. The summed E-state index contributed by atoms with van der Waals surface area (Å²) in [5.41, 5.74) is 7.04. The standard InChI is InChI=1S/C24H24N6/c1-17-13-20(29-11-9-28(2)10-12-29)15-21-23(17)27-24(26-21)22-7-4-8-30(22)19-6-3-5-18(14-19)16-25/h3-8,13-15H,9-12H2,1-2H3,(H,26,27). The molecule has 6 heteroatoms. The van der Waals surface area contributed by atoms with E-state index in [0.717, 1.165) is 54.4 Å². The highest BCUT2D eigenvalue weighted by atomic mass is 15.2. The number of fused-ring (bicyclic) bond motifs is 1. The fourth-order valence-corrected chi connectivity index (χ4v) is 4.16. The molecule has 0 atom stereocenters. The summed E-state index contributed by atoms with van der Waals surface area (Å²) in [6, 6.07) is 18.3. The van der Waals surface area contributed by atoms with Crippen LogP contribution in [0, 0.1) is 18.3 Å². The van der Waals surface area contributed by atoms with Crippen molar-refractivity contribution in [3.63, 3.8) is 0 Å². The van der Waals surface area contributed by atoms with Crippen molar-refractivity contribution in [2.24, 2.45) is 0 Å². The molecule has 0 spiro atoms. The Morgan fingerprint density at radius 1 is 1.00 bits per heavy atom. The SMILES string of the molecule is Cc1cc(N2CCN(C)CC2)cc2[nH]c(-c3cccn3-c3cccc(C#N)c3)nc12. The maximum absolute atomic E-state index is 9.24. The molecule has 0 amide bonds. The summed E-state index contributed by atoms with van der Waals surface area (Å²) in [4.78, 5) is 13.3. The van der Waals surface area contributed by atoms with Crippen molar-refractivity contribution >= 4 is 16.7 Å². The van der Waals surface area contributed by atoms with Crippen molar-refractivity contribution in [1.29, 1.82) is 5.26 Å². The first-order valence-corrected chi connectivity index (χ1v) is 10.2. The van der Waals surface area contributed by atoms with Crippen LogP contribution < -0.4 is 4.90 Å². The highest BCUT2D eigenvalue weighted by Crippen LogP contribution is 2.29. The number of piperazine rings is 1. The topological polar surface area (TPSA) is 63.9 Å². The highest BCUT2D eigenvalue weighted by Gasteiger charge is 2.17. The fourth-order valence-electron chi connectivity index (χ4n) is 4.16. The summed E-state index contributed by atoms with van der Waals surface area (Å²) in [5.74, 6) is 0.830. The van der Waals surface area contributed by atoms with Crippen LogP contribution in [-0.4, -0.2) is 52.7 Å². The smallest absolute Gasteiger partial charge is 0.155 e. The first kappa shape index (κ1) is 18.5. The number of nitrogens with zero attached hydrogens (tertiary/aromatic N) is 5. The number of aryl methyl sites for hydroxylation is 1. The van der Waals surface area contributed by atoms with Gasteiger partial charge >= 0.3 is 0 Å². The summed E-state index contributed by atoms with van der Waals surface area (Å²) in [6.07, 6.45) is 2.00. The van der Waals surface area contributed by atoms with Gasteiger partial charge in [-0.15, -0.1) is 0 Å². The summed E-state index contributed by atoms with van der Waals surface area (Å²) < 4.78 is 2.06. The Balaban J connectivity index is 1.54. The molecule has 150 valence electrons. The molecule has 0 radical (unpaired) electrons. The number of likely N-dealkylation sites (N-methyl/N-ethyl adjacent to an activating group) is 1. The first-order valence-electron chi connectivity index (χ1n) is 10.2. The van der Waals surface area contributed by atoms with E-state index in [1.54, 1.807) is 0 Å². The number of aromatic amines is 1. The molecule has 1 saturated heterocycles. The van der Waals surface area contributed by atoms with Crippen LogP contribution in [0.15, 0.2) is 54.7 Å². The van der Waals surface area contributed by atoms with Gasteiger partial charge in [-0.2, -0.15) is 5.26 Å².